The van der Waals surface area contributed by atoms with Crippen LogP contribution in [0.1, 0.15) is 30.6 Å². The first kappa shape index (κ1) is 24.7. The van der Waals surface area contributed by atoms with Crippen LogP contribution in [-0.4, -0.2) is 42.3 Å². The van der Waals surface area contributed by atoms with Gasteiger partial charge in [0.15, 0.2) is 0 Å². The second kappa shape index (κ2) is 11.2. The zero-order valence-corrected chi connectivity index (χ0v) is 21.1. The predicted molar refractivity (Wildman–Crippen MR) is 132 cm³/mol. The van der Waals surface area contributed by atoms with Crippen LogP contribution >= 0.6 is 27.3 Å². The van der Waals surface area contributed by atoms with E-state index in [4.69, 9.17) is 9.47 Å². The first-order chi connectivity index (χ1) is 15.9. The molecule has 10 heteroatoms. The van der Waals surface area contributed by atoms with Crippen LogP contribution in [-0.2, 0) is 4.79 Å². The van der Waals surface area contributed by atoms with E-state index >= 15 is 0 Å². The molecule has 0 saturated carbocycles. The molecule has 2 aromatic carbocycles. The van der Waals surface area contributed by atoms with E-state index in [2.05, 4.69) is 36.8 Å². The van der Waals surface area contributed by atoms with Gasteiger partial charge in [-0.25, -0.2) is 0 Å². The van der Waals surface area contributed by atoms with Crippen LogP contribution in [0.3, 0.4) is 0 Å². The van der Waals surface area contributed by atoms with E-state index in [1.54, 1.807) is 18.2 Å². The normalized spacial score (nSPS) is 12.5. The van der Waals surface area contributed by atoms with E-state index in [1.807, 2.05) is 38.1 Å². The Hall–Kier alpha value is -2.98. The van der Waals surface area contributed by atoms with E-state index in [1.165, 1.54) is 25.6 Å². The summed E-state index contributed by atoms with van der Waals surface area (Å²) in [5, 5.41) is 14.9. The Morgan fingerprint density at radius 1 is 1.12 bits per heavy atom. The average Bonchev–Trinajstić information content (AvgIpc) is 3.29. The molecular weight excluding hydrogens is 508 g/mol. The van der Waals surface area contributed by atoms with Crippen molar-refractivity contribution in [3.05, 3.63) is 52.5 Å². The number of hydrogen-bond donors (Lipinski definition) is 2. The molecule has 3 aromatic rings. The van der Waals surface area contributed by atoms with Gasteiger partial charge in [0.05, 0.1) is 19.8 Å². The zero-order valence-electron chi connectivity index (χ0n) is 18.7. The summed E-state index contributed by atoms with van der Waals surface area (Å²) in [5.41, 5.74) is 1.20. The van der Waals surface area contributed by atoms with Crippen LogP contribution in [0.4, 0.5) is 5.13 Å². The highest BCUT2D eigenvalue weighted by Crippen LogP contribution is 2.29. The summed E-state index contributed by atoms with van der Waals surface area (Å²) in [5.74, 6) is 0.0370. The Kier molecular flexibility index (Phi) is 8.40. The van der Waals surface area contributed by atoms with Crippen molar-refractivity contribution in [1.29, 1.82) is 0 Å². The first-order valence-corrected chi connectivity index (χ1v) is 11.9. The van der Waals surface area contributed by atoms with Crippen molar-refractivity contribution in [2.75, 3.05) is 19.5 Å². The summed E-state index contributed by atoms with van der Waals surface area (Å²) in [6, 6.07) is 11.8. The van der Waals surface area contributed by atoms with Gasteiger partial charge >= 0.3 is 0 Å². The molecule has 2 amide bonds. The van der Waals surface area contributed by atoms with Gasteiger partial charge in [-0.2, -0.15) is 0 Å². The molecule has 0 saturated heterocycles. The van der Waals surface area contributed by atoms with E-state index in [0.29, 0.717) is 33.6 Å². The molecule has 0 bridgehead atoms. The number of halogens is 1. The van der Waals surface area contributed by atoms with Gasteiger partial charge in [-0.1, -0.05) is 59.7 Å². The third-order valence-electron chi connectivity index (χ3n) is 5.16. The highest BCUT2D eigenvalue weighted by molar-refractivity contribution is 9.10. The Balaban J connectivity index is 1.77. The number of nitrogens with one attached hydrogen (secondary N) is 2. The van der Waals surface area contributed by atoms with E-state index in [0.717, 1.165) is 10.0 Å². The second-order valence-electron chi connectivity index (χ2n) is 7.31. The summed E-state index contributed by atoms with van der Waals surface area (Å²) in [4.78, 5) is 26.1. The molecule has 0 aliphatic rings. The Morgan fingerprint density at radius 2 is 1.91 bits per heavy atom. The molecule has 1 heterocycles. The SMILES string of the molecule is CC[C@H](C)[C@H](NC(=O)c1ccc(OC)cc1OC)C(=O)Nc1nnc(-c2cccc(Br)c2)s1. The summed E-state index contributed by atoms with van der Waals surface area (Å²) >= 11 is 4.70. The molecule has 8 nitrogen and oxygen atoms in total. The largest absolute Gasteiger partial charge is 0.497 e. The van der Waals surface area contributed by atoms with Gasteiger partial charge in [0, 0.05) is 16.1 Å². The van der Waals surface area contributed by atoms with Crippen LogP contribution in [0.15, 0.2) is 46.9 Å². The topological polar surface area (TPSA) is 102 Å². The molecule has 3 rings (SSSR count). The number of carbonyl (C=O) groups is 2. The lowest BCUT2D eigenvalue weighted by Crippen LogP contribution is -2.47. The Bertz CT molecular complexity index is 1140. The summed E-state index contributed by atoms with van der Waals surface area (Å²) in [6.45, 7) is 3.87. The molecule has 0 aliphatic heterocycles. The van der Waals surface area contributed by atoms with Crippen LogP contribution in [0.25, 0.3) is 10.6 Å². The fraction of sp³-hybridized carbons (Fsp3) is 0.304. The predicted octanol–water partition coefficient (Wildman–Crippen LogP) is 4.77. The van der Waals surface area contributed by atoms with Crippen LogP contribution in [0.5, 0.6) is 11.5 Å². The van der Waals surface area contributed by atoms with Crippen molar-refractivity contribution in [2.24, 2.45) is 5.92 Å². The van der Waals surface area contributed by atoms with Gasteiger partial charge in [0.25, 0.3) is 5.91 Å². The van der Waals surface area contributed by atoms with Gasteiger partial charge in [-0.3, -0.25) is 14.9 Å². The third kappa shape index (κ3) is 6.08. The fourth-order valence-electron chi connectivity index (χ4n) is 3.10. The molecule has 174 valence electrons. The molecule has 0 spiro atoms. The van der Waals surface area contributed by atoms with Crippen molar-refractivity contribution in [1.82, 2.24) is 15.5 Å². The molecule has 0 radical (unpaired) electrons. The minimum Gasteiger partial charge on any atom is -0.497 e. The van der Waals surface area contributed by atoms with Crippen LogP contribution < -0.4 is 20.1 Å². The van der Waals surface area contributed by atoms with Gasteiger partial charge in [-0.05, 0) is 30.2 Å². The molecule has 2 N–H and O–H groups in total. The maximum Gasteiger partial charge on any atom is 0.255 e. The molecule has 1 aromatic heterocycles. The lowest BCUT2D eigenvalue weighted by molar-refractivity contribution is -0.119. The smallest absolute Gasteiger partial charge is 0.255 e. The number of amides is 2. The summed E-state index contributed by atoms with van der Waals surface area (Å²) < 4.78 is 11.4. The molecular formula is C23H25BrN4O4S. The number of aromatic nitrogens is 2. The first-order valence-electron chi connectivity index (χ1n) is 10.3. The number of nitrogens with zero attached hydrogens (tertiary/aromatic N) is 2. The Labute approximate surface area is 204 Å². The number of anilines is 1. The maximum atomic E-state index is 13.1. The van der Waals surface area contributed by atoms with Crippen molar-refractivity contribution in [2.45, 2.75) is 26.3 Å². The number of carbonyl (C=O) groups excluding carboxylic acids is 2. The summed E-state index contributed by atoms with van der Waals surface area (Å²) in [6.07, 6.45) is 0.692. The van der Waals surface area contributed by atoms with Crippen molar-refractivity contribution >= 4 is 44.2 Å². The number of methoxy groups -OCH3 is 2. The van der Waals surface area contributed by atoms with Gasteiger partial charge in [-0.15, -0.1) is 10.2 Å². The lowest BCUT2D eigenvalue weighted by Gasteiger charge is -2.23. The Morgan fingerprint density at radius 3 is 2.58 bits per heavy atom. The van der Waals surface area contributed by atoms with E-state index in [9.17, 15) is 9.59 Å². The fourth-order valence-corrected chi connectivity index (χ4v) is 4.24. The standard InChI is InChI=1S/C23H25BrN4O4S/c1-5-13(2)19(25-20(29)17-10-9-16(31-3)12-18(17)32-4)21(30)26-23-28-27-22(33-23)14-7-6-8-15(24)11-14/h6-13,19H,5H2,1-4H3,(H,25,29)(H,26,28,30)/t13-,19-/m0/s1. The summed E-state index contributed by atoms with van der Waals surface area (Å²) in [7, 11) is 3.01. The number of benzene rings is 2. The van der Waals surface area contributed by atoms with Crippen LogP contribution in [0, 0.1) is 5.92 Å². The molecule has 0 fully saturated rings. The van der Waals surface area contributed by atoms with Crippen molar-refractivity contribution < 1.29 is 19.1 Å². The van der Waals surface area contributed by atoms with E-state index < -0.39 is 11.9 Å². The van der Waals surface area contributed by atoms with E-state index in [-0.39, 0.29) is 11.8 Å². The quantitative estimate of drug-likeness (QED) is 0.411. The van der Waals surface area contributed by atoms with Gasteiger partial charge < -0.3 is 14.8 Å². The average molecular weight is 533 g/mol. The zero-order chi connectivity index (χ0) is 24.0. The highest BCUT2D eigenvalue weighted by atomic mass is 79.9. The van der Waals surface area contributed by atoms with Crippen LogP contribution in [0.2, 0.25) is 0 Å². The lowest BCUT2D eigenvalue weighted by atomic mass is 9.98. The molecule has 0 aliphatic carbocycles. The minimum absolute atomic E-state index is 0.115. The maximum absolute atomic E-state index is 13.1. The molecule has 33 heavy (non-hydrogen) atoms. The monoisotopic (exact) mass is 532 g/mol. The van der Waals surface area contributed by atoms with Gasteiger partial charge in [0.1, 0.15) is 22.5 Å². The van der Waals surface area contributed by atoms with Gasteiger partial charge in [0.2, 0.25) is 11.0 Å². The number of rotatable bonds is 9. The van der Waals surface area contributed by atoms with Crippen molar-refractivity contribution in [3.8, 4) is 22.1 Å². The highest BCUT2D eigenvalue weighted by Gasteiger charge is 2.28. The minimum atomic E-state index is -0.771. The van der Waals surface area contributed by atoms with Crippen molar-refractivity contribution in [3.63, 3.8) is 0 Å². The third-order valence-corrected chi connectivity index (χ3v) is 6.54. The number of hydrogen-bond acceptors (Lipinski definition) is 7. The second-order valence-corrected chi connectivity index (χ2v) is 9.21. The molecule has 2 atom stereocenters. The molecule has 0 unspecified atom stereocenters. The number of ether oxygens (including phenoxy) is 2.